The van der Waals surface area contributed by atoms with Gasteiger partial charge in [0, 0.05) is 5.57 Å². The van der Waals surface area contributed by atoms with Crippen LogP contribution in [-0.2, 0) is 22.4 Å². The molecule has 3 rings (SSSR count). The fourth-order valence-electron chi connectivity index (χ4n) is 3.92. The summed E-state index contributed by atoms with van der Waals surface area (Å²) in [5.74, 6) is -3.62. The van der Waals surface area contributed by atoms with Gasteiger partial charge >= 0.3 is 17.9 Å². The summed E-state index contributed by atoms with van der Waals surface area (Å²) in [6, 6.07) is 1.53. The molecule has 2 unspecified atom stereocenters. The Kier molecular flexibility index (Phi) is 3.91. The topological polar surface area (TPSA) is 112 Å². The van der Waals surface area contributed by atoms with Crippen LogP contribution >= 0.6 is 0 Å². The molecule has 0 fully saturated rings. The highest BCUT2D eigenvalue weighted by Gasteiger charge is 2.35. The lowest BCUT2D eigenvalue weighted by atomic mass is 9.71. The van der Waals surface area contributed by atoms with E-state index in [1.807, 2.05) is 6.92 Å². The Morgan fingerprint density at radius 3 is 2.38 bits per heavy atom. The molecule has 3 N–H and O–H groups in total. The number of hydrogen-bond acceptors (Lipinski definition) is 3. The average Bonchev–Trinajstić information content (AvgIpc) is 2.51. The Hall–Kier alpha value is -2.63. The van der Waals surface area contributed by atoms with Crippen molar-refractivity contribution in [1.82, 2.24) is 0 Å². The molecule has 2 aliphatic carbocycles. The number of carboxylic acids is 3. The number of hydrogen-bond donors (Lipinski definition) is 3. The normalized spacial score (nSPS) is 22.1. The van der Waals surface area contributed by atoms with Crippen LogP contribution in [0, 0.1) is 5.92 Å². The van der Waals surface area contributed by atoms with Crippen LogP contribution in [0.15, 0.2) is 11.6 Å². The Balaban J connectivity index is 2.29. The van der Waals surface area contributed by atoms with Gasteiger partial charge in [0.25, 0.3) is 0 Å². The molecule has 2 atom stereocenters. The van der Waals surface area contributed by atoms with Crippen molar-refractivity contribution in [2.24, 2.45) is 5.92 Å². The zero-order valence-corrected chi connectivity index (χ0v) is 13.2. The summed E-state index contributed by atoms with van der Waals surface area (Å²) in [6.07, 6.45) is 3.18. The number of benzene rings is 1. The Labute approximate surface area is 138 Å². The summed E-state index contributed by atoms with van der Waals surface area (Å²) in [5.41, 5.74) is 2.71. The van der Waals surface area contributed by atoms with Crippen LogP contribution in [0.5, 0.6) is 0 Å². The molecule has 0 radical (unpaired) electrons. The lowest BCUT2D eigenvalue weighted by molar-refractivity contribution is -0.139. The van der Waals surface area contributed by atoms with Crippen LogP contribution < -0.4 is 0 Å². The summed E-state index contributed by atoms with van der Waals surface area (Å²) < 4.78 is 0. The Bertz CT molecular complexity index is 789. The van der Waals surface area contributed by atoms with Gasteiger partial charge in [-0.25, -0.2) is 9.59 Å². The molecule has 0 heterocycles. The van der Waals surface area contributed by atoms with E-state index < -0.39 is 23.8 Å². The van der Waals surface area contributed by atoms with Gasteiger partial charge in [-0.1, -0.05) is 6.92 Å². The van der Waals surface area contributed by atoms with Gasteiger partial charge in [-0.3, -0.25) is 4.79 Å². The third-order valence-electron chi connectivity index (χ3n) is 4.93. The van der Waals surface area contributed by atoms with Crippen LogP contribution in [0.1, 0.15) is 58.3 Å². The zero-order valence-electron chi connectivity index (χ0n) is 13.2. The molecule has 0 saturated heterocycles. The molecule has 0 saturated carbocycles. The summed E-state index contributed by atoms with van der Waals surface area (Å²) >= 11 is 0. The van der Waals surface area contributed by atoms with Crippen molar-refractivity contribution in [2.75, 3.05) is 0 Å². The van der Waals surface area contributed by atoms with Crippen molar-refractivity contribution >= 4 is 24.0 Å². The molecule has 1 aromatic rings. The summed E-state index contributed by atoms with van der Waals surface area (Å²) in [6.45, 7) is 1.96. The lowest BCUT2D eigenvalue weighted by Crippen LogP contribution is -2.27. The molecular weight excluding hydrogens is 312 g/mol. The number of aliphatic carboxylic acids is 2. The number of carboxylic acid groups (broad SMARTS) is 3. The molecule has 6 heteroatoms. The van der Waals surface area contributed by atoms with Gasteiger partial charge in [0.15, 0.2) is 0 Å². The molecular formula is C18H18O6. The van der Waals surface area contributed by atoms with Crippen molar-refractivity contribution in [3.8, 4) is 0 Å². The molecule has 0 spiro atoms. The number of carbonyl (C=O) groups is 3. The molecule has 6 nitrogen and oxygen atoms in total. The predicted molar refractivity (Wildman–Crippen MR) is 85.2 cm³/mol. The summed E-state index contributed by atoms with van der Waals surface area (Å²) in [7, 11) is 0. The second-order valence-corrected chi connectivity index (χ2v) is 6.60. The van der Waals surface area contributed by atoms with E-state index in [-0.39, 0.29) is 23.5 Å². The largest absolute Gasteiger partial charge is 0.481 e. The first kappa shape index (κ1) is 16.2. The van der Waals surface area contributed by atoms with Crippen LogP contribution in [0.3, 0.4) is 0 Å². The minimum Gasteiger partial charge on any atom is -0.481 e. The van der Waals surface area contributed by atoms with Crippen LogP contribution in [0.2, 0.25) is 0 Å². The maximum atomic E-state index is 11.7. The Morgan fingerprint density at radius 1 is 1.08 bits per heavy atom. The lowest BCUT2D eigenvalue weighted by Gasteiger charge is -2.32. The maximum Gasteiger partial charge on any atom is 0.336 e. The average molecular weight is 330 g/mol. The van der Waals surface area contributed by atoms with Crippen molar-refractivity contribution in [2.45, 2.75) is 38.5 Å². The molecule has 0 amide bonds. The highest BCUT2D eigenvalue weighted by Crippen LogP contribution is 2.42. The van der Waals surface area contributed by atoms with Gasteiger partial charge in [-0.15, -0.1) is 0 Å². The molecule has 24 heavy (non-hydrogen) atoms. The summed E-state index contributed by atoms with van der Waals surface area (Å²) in [5, 5.41) is 28.3. The second-order valence-electron chi connectivity index (χ2n) is 6.60. The minimum absolute atomic E-state index is 0.0560. The first-order valence-electron chi connectivity index (χ1n) is 7.88. The van der Waals surface area contributed by atoms with Crippen LogP contribution in [0.4, 0.5) is 0 Å². The third kappa shape index (κ3) is 2.58. The fourth-order valence-corrected chi connectivity index (χ4v) is 3.92. The van der Waals surface area contributed by atoms with Crippen LogP contribution in [-0.4, -0.2) is 33.2 Å². The van der Waals surface area contributed by atoms with E-state index >= 15 is 0 Å². The van der Waals surface area contributed by atoms with E-state index in [0.717, 1.165) is 5.56 Å². The van der Waals surface area contributed by atoms with E-state index in [1.54, 1.807) is 0 Å². The second kappa shape index (κ2) is 5.78. The van der Waals surface area contributed by atoms with Crippen molar-refractivity contribution in [3.63, 3.8) is 0 Å². The molecule has 0 bridgehead atoms. The maximum absolute atomic E-state index is 11.7. The van der Waals surface area contributed by atoms with E-state index in [4.69, 9.17) is 0 Å². The standard InChI is InChI=1S/C18H18O6/c1-8-4-10-7-13(17(21)22)12-6-9(16(19)20)2-3-11(12)15(10)14(5-8)18(23)24/h6-8,14H,2-5H2,1H3,(H,19,20)(H,21,22)(H,23,24). The first-order chi connectivity index (χ1) is 11.3. The number of fused-ring (bicyclic) bond motifs is 3. The number of rotatable bonds is 3. The highest BCUT2D eigenvalue weighted by molar-refractivity contribution is 5.99. The molecule has 126 valence electrons. The quantitative estimate of drug-likeness (QED) is 0.785. The predicted octanol–water partition coefficient (Wildman–Crippen LogP) is 2.55. The van der Waals surface area contributed by atoms with Crippen molar-refractivity contribution < 1.29 is 29.7 Å². The van der Waals surface area contributed by atoms with Gasteiger partial charge in [0.1, 0.15) is 0 Å². The SMILES string of the molecule is CC1Cc2cc(C(=O)O)c3c(c2C(C(=O)O)C1)CCC(C(=O)O)=C3. The molecule has 1 aromatic carbocycles. The number of aromatic carboxylic acids is 1. The Morgan fingerprint density at radius 2 is 1.79 bits per heavy atom. The molecule has 2 aliphatic rings. The summed E-state index contributed by atoms with van der Waals surface area (Å²) in [4.78, 5) is 34.6. The molecule has 0 aliphatic heterocycles. The molecule has 0 aromatic heterocycles. The van der Waals surface area contributed by atoms with E-state index in [0.29, 0.717) is 36.0 Å². The van der Waals surface area contributed by atoms with Gasteiger partial charge in [-0.2, -0.15) is 0 Å². The fraction of sp³-hybridized carbons (Fsp3) is 0.389. The smallest absolute Gasteiger partial charge is 0.336 e. The third-order valence-corrected chi connectivity index (χ3v) is 4.93. The minimum atomic E-state index is -1.12. The van der Waals surface area contributed by atoms with Crippen LogP contribution in [0.25, 0.3) is 6.08 Å². The van der Waals surface area contributed by atoms with Crippen molar-refractivity contribution in [3.05, 3.63) is 39.5 Å². The first-order valence-corrected chi connectivity index (χ1v) is 7.88. The van der Waals surface area contributed by atoms with Gasteiger partial charge < -0.3 is 15.3 Å². The van der Waals surface area contributed by atoms with Crippen molar-refractivity contribution in [1.29, 1.82) is 0 Å². The van der Waals surface area contributed by atoms with Gasteiger partial charge in [0.05, 0.1) is 11.5 Å². The van der Waals surface area contributed by atoms with Gasteiger partial charge in [-0.05, 0) is 66.0 Å². The van der Waals surface area contributed by atoms with E-state index in [2.05, 4.69) is 0 Å². The van der Waals surface area contributed by atoms with E-state index in [9.17, 15) is 29.7 Å². The highest BCUT2D eigenvalue weighted by atomic mass is 16.4. The monoisotopic (exact) mass is 330 g/mol. The zero-order chi connectivity index (χ0) is 17.6. The van der Waals surface area contributed by atoms with E-state index in [1.165, 1.54) is 12.1 Å². The van der Waals surface area contributed by atoms with Gasteiger partial charge in [0.2, 0.25) is 0 Å².